The van der Waals surface area contributed by atoms with Gasteiger partial charge in [0.25, 0.3) is 5.69 Å². The average Bonchev–Trinajstić information content (AvgIpc) is 2.78. The van der Waals surface area contributed by atoms with Gasteiger partial charge >= 0.3 is 11.9 Å². The third-order valence-electron chi connectivity index (χ3n) is 5.46. The van der Waals surface area contributed by atoms with Gasteiger partial charge in [0, 0.05) is 23.5 Å². The number of hydrogen-bond acceptors (Lipinski definition) is 6. The molecular weight excluding hydrogens is 424 g/mol. The summed E-state index contributed by atoms with van der Waals surface area (Å²) in [7, 11) is 0. The summed E-state index contributed by atoms with van der Waals surface area (Å²) in [6, 6.07) is 15.2. The first-order valence-corrected chi connectivity index (χ1v) is 10.3. The number of nitro groups is 1. The third-order valence-corrected chi connectivity index (χ3v) is 5.46. The van der Waals surface area contributed by atoms with Gasteiger partial charge in [0.05, 0.1) is 22.0 Å². The molecule has 0 amide bonds. The number of dihydropyridines is 1. The van der Waals surface area contributed by atoms with Gasteiger partial charge in [-0.05, 0) is 43.5 Å². The van der Waals surface area contributed by atoms with Crippen molar-refractivity contribution in [2.24, 2.45) is 0 Å². The molecule has 170 valence electrons. The SMILES string of the molecule is CC(=CCOC(=O)C1=C(C)NC(C)=C(C(=O)O)C1c1cccc([N+](=O)[O-])c1)c1ccccc1. The minimum Gasteiger partial charge on any atom is -0.478 e. The number of benzene rings is 2. The van der Waals surface area contributed by atoms with E-state index >= 15 is 0 Å². The summed E-state index contributed by atoms with van der Waals surface area (Å²) >= 11 is 0. The summed E-state index contributed by atoms with van der Waals surface area (Å²) in [4.78, 5) is 35.9. The van der Waals surface area contributed by atoms with Crippen LogP contribution in [0.2, 0.25) is 0 Å². The van der Waals surface area contributed by atoms with Crippen molar-refractivity contribution in [1.82, 2.24) is 5.32 Å². The van der Waals surface area contributed by atoms with Gasteiger partial charge in [0.1, 0.15) is 6.61 Å². The number of rotatable bonds is 7. The van der Waals surface area contributed by atoms with Crippen LogP contribution in [0.3, 0.4) is 0 Å². The molecule has 0 spiro atoms. The van der Waals surface area contributed by atoms with Gasteiger partial charge < -0.3 is 15.2 Å². The number of nitrogens with one attached hydrogen (secondary N) is 1. The number of nitro benzene ring substituents is 1. The van der Waals surface area contributed by atoms with Gasteiger partial charge in [-0.25, -0.2) is 9.59 Å². The van der Waals surface area contributed by atoms with Crippen molar-refractivity contribution in [3.05, 3.63) is 104 Å². The fourth-order valence-corrected chi connectivity index (χ4v) is 3.84. The van der Waals surface area contributed by atoms with Gasteiger partial charge in [0.2, 0.25) is 0 Å². The number of ether oxygens (including phenoxy) is 1. The second-order valence-corrected chi connectivity index (χ2v) is 7.64. The maximum absolute atomic E-state index is 13.1. The highest BCUT2D eigenvalue weighted by Gasteiger charge is 2.37. The lowest BCUT2D eigenvalue weighted by Gasteiger charge is -2.29. The molecule has 0 aromatic heterocycles. The molecule has 1 atom stereocenters. The zero-order valence-corrected chi connectivity index (χ0v) is 18.5. The number of carbonyl (C=O) groups is 2. The highest BCUT2D eigenvalue weighted by Crippen LogP contribution is 2.39. The maximum atomic E-state index is 13.1. The number of non-ortho nitro benzene ring substituents is 1. The largest absolute Gasteiger partial charge is 0.478 e. The Balaban J connectivity index is 1.94. The van der Waals surface area contributed by atoms with E-state index in [0.29, 0.717) is 17.0 Å². The van der Waals surface area contributed by atoms with Crippen molar-refractivity contribution in [3.8, 4) is 0 Å². The first kappa shape index (κ1) is 23.5. The average molecular weight is 448 g/mol. The van der Waals surface area contributed by atoms with E-state index in [2.05, 4.69) is 5.32 Å². The molecule has 0 bridgehead atoms. The molecule has 0 saturated carbocycles. The van der Waals surface area contributed by atoms with Gasteiger partial charge in [-0.15, -0.1) is 0 Å². The summed E-state index contributed by atoms with van der Waals surface area (Å²) in [5.74, 6) is -2.94. The van der Waals surface area contributed by atoms with Crippen LogP contribution in [0.1, 0.15) is 37.8 Å². The fraction of sp³-hybridized carbons (Fsp3) is 0.200. The first-order chi connectivity index (χ1) is 15.7. The van der Waals surface area contributed by atoms with Crippen LogP contribution in [-0.4, -0.2) is 28.6 Å². The molecule has 8 nitrogen and oxygen atoms in total. The van der Waals surface area contributed by atoms with Crippen LogP contribution in [0.4, 0.5) is 5.69 Å². The van der Waals surface area contributed by atoms with E-state index in [1.807, 2.05) is 37.3 Å². The highest BCUT2D eigenvalue weighted by atomic mass is 16.6. The number of hydrogen-bond donors (Lipinski definition) is 2. The van der Waals surface area contributed by atoms with Gasteiger partial charge in [0.15, 0.2) is 0 Å². The Kier molecular flexibility index (Phi) is 7.07. The predicted octanol–water partition coefficient (Wildman–Crippen LogP) is 4.56. The number of aliphatic carboxylic acids is 1. The van der Waals surface area contributed by atoms with E-state index in [-0.39, 0.29) is 23.4 Å². The number of carbonyl (C=O) groups excluding carboxylic acids is 1. The summed E-state index contributed by atoms with van der Waals surface area (Å²) in [5.41, 5.74) is 2.87. The summed E-state index contributed by atoms with van der Waals surface area (Å²) in [5, 5.41) is 24.1. The van der Waals surface area contributed by atoms with E-state index in [9.17, 15) is 24.8 Å². The van der Waals surface area contributed by atoms with Crippen LogP contribution in [-0.2, 0) is 14.3 Å². The minimum absolute atomic E-state index is 0.0108. The van der Waals surface area contributed by atoms with Crippen LogP contribution in [0.15, 0.2) is 83.2 Å². The van der Waals surface area contributed by atoms with E-state index in [1.54, 1.807) is 26.0 Å². The van der Waals surface area contributed by atoms with E-state index in [0.717, 1.165) is 11.1 Å². The van der Waals surface area contributed by atoms with Crippen LogP contribution < -0.4 is 5.32 Å². The quantitative estimate of drug-likeness (QED) is 0.362. The second kappa shape index (κ2) is 9.95. The van der Waals surface area contributed by atoms with Gasteiger partial charge in [-0.2, -0.15) is 0 Å². The van der Waals surface area contributed by atoms with Gasteiger partial charge in [-0.3, -0.25) is 10.1 Å². The first-order valence-electron chi connectivity index (χ1n) is 10.3. The van der Waals surface area contributed by atoms with Crippen molar-refractivity contribution in [2.75, 3.05) is 6.61 Å². The van der Waals surface area contributed by atoms with E-state index < -0.39 is 22.8 Å². The molecule has 1 aliphatic rings. The maximum Gasteiger partial charge on any atom is 0.337 e. The smallest absolute Gasteiger partial charge is 0.337 e. The molecule has 0 saturated heterocycles. The molecule has 0 radical (unpaired) electrons. The van der Waals surface area contributed by atoms with Crippen molar-refractivity contribution in [1.29, 1.82) is 0 Å². The fourth-order valence-electron chi connectivity index (χ4n) is 3.84. The minimum atomic E-state index is -1.23. The van der Waals surface area contributed by atoms with Gasteiger partial charge in [-0.1, -0.05) is 42.5 Å². The predicted molar refractivity (Wildman–Crippen MR) is 123 cm³/mol. The molecule has 0 fully saturated rings. The van der Waals surface area contributed by atoms with Crippen LogP contribution >= 0.6 is 0 Å². The lowest BCUT2D eigenvalue weighted by Crippen LogP contribution is -2.31. The van der Waals surface area contributed by atoms with E-state index in [4.69, 9.17) is 4.74 Å². The molecule has 1 aliphatic heterocycles. The Bertz CT molecular complexity index is 1190. The van der Waals surface area contributed by atoms with Crippen molar-refractivity contribution in [2.45, 2.75) is 26.7 Å². The Morgan fingerprint density at radius 2 is 1.76 bits per heavy atom. The molecule has 1 unspecified atom stereocenters. The Hall–Kier alpha value is -4.20. The van der Waals surface area contributed by atoms with Crippen LogP contribution in [0.5, 0.6) is 0 Å². The summed E-state index contributed by atoms with van der Waals surface area (Å²) in [6.45, 7) is 5.12. The topological polar surface area (TPSA) is 119 Å². The molecule has 0 aliphatic carbocycles. The molecule has 2 N–H and O–H groups in total. The van der Waals surface area contributed by atoms with Crippen LogP contribution in [0, 0.1) is 10.1 Å². The number of nitrogens with zero attached hydrogens (tertiary/aromatic N) is 1. The van der Waals surface area contributed by atoms with E-state index in [1.165, 1.54) is 18.2 Å². The van der Waals surface area contributed by atoms with Crippen molar-refractivity contribution >= 4 is 23.2 Å². The summed E-state index contributed by atoms with van der Waals surface area (Å²) in [6.07, 6.45) is 1.76. The molecule has 2 aromatic rings. The Morgan fingerprint density at radius 1 is 1.09 bits per heavy atom. The summed E-state index contributed by atoms with van der Waals surface area (Å²) < 4.78 is 5.47. The zero-order chi connectivity index (χ0) is 24.1. The number of esters is 1. The number of carboxylic acids is 1. The Morgan fingerprint density at radius 3 is 2.39 bits per heavy atom. The Labute approximate surface area is 191 Å². The standard InChI is InChI=1S/C25H24N2O6/c1-15(18-8-5-4-6-9-18)12-13-33-25(30)22-17(3)26-16(2)21(24(28)29)23(22)19-10-7-11-20(14-19)27(31)32/h4-12,14,23,26H,13H2,1-3H3,(H,28,29). The van der Waals surface area contributed by atoms with Crippen molar-refractivity contribution in [3.63, 3.8) is 0 Å². The molecule has 2 aromatic carbocycles. The molecular formula is C25H24N2O6. The number of carboxylic acid groups (broad SMARTS) is 1. The number of allylic oxidation sites excluding steroid dienone is 3. The zero-order valence-electron chi connectivity index (χ0n) is 18.5. The molecule has 8 heteroatoms. The normalized spacial score (nSPS) is 16.3. The van der Waals surface area contributed by atoms with Crippen molar-refractivity contribution < 1.29 is 24.4 Å². The monoisotopic (exact) mass is 448 g/mol. The second-order valence-electron chi connectivity index (χ2n) is 7.64. The molecule has 3 rings (SSSR count). The van der Waals surface area contributed by atoms with Crippen LogP contribution in [0.25, 0.3) is 5.57 Å². The lowest BCUT2D eigenvalue weighted by molar-refractivity contribution is -0.384. The third kappa shape index (κ3) is 5.17. The lowest BCUT2D eigenvalue weighted by atomic mass is 9.80. The molecule has 33 heavy (non-hydrogen) atoms. The molecule has 1 heterocycles. The highest BCUT2D eigenvalue weighted by molar-refractivity contribution is 5.99.